The second kappa shape index (κ2) is 9.96. The van der Waals surface area contributed by atoms with E-state index in [2.05, 4.69) is 16.0 Å². The monoisotopic (exact) mass is 369 g/mol. The maximum absolute atomic E-state index is 12.1. The van der Waals surface area contributed by atoms with Crippen LogP contribution in [0.3, 0.4) is 0 Å². The van der Waals surface area contributed by atoms with Crippen LogP contribution in [0.25, 0.3) is 0 Å². The summed E-state index contributed by atoms with van der Waals surface area (Å²) in [5.74, 6) is 0.0768. The van der Waals surface area contributed by atoms with Crippen LogP contribution in [0.4, 0.5) is 5.69 Å². The van der Waals surface area contributed by atoms with Crippen molar-refractivity contribution >= 4 is 23.4 Å². The van der Waals surface area contributed by atoms with Crippen molar-refractivity contribution in [3.8, 4) is 5.75 Å². The van der Waals surface area contributed by atoms with E-state index in [1.165, 1.54) is 6.92 Å². The molecule has 0 aromatic heterocycles. The maximum Gasteiger partial charge on any atom is 0.251 e. The molecule has 0 heterocycles. The molecule has 0 atom stereocenters. The van der Waals surface area contributed by atoms with Crippen LogP contribution in [0.15, 0.2) is 48.5 Å². The number of carbonyl (C=O) groups excluding carboxylic acids is 3. The zero-order chi connectivity index (χ0) is 19.6. The lowest BCUT2D eigenvalue weighted by Gasteiger charge is -2.09. The molecule has 2 rings (SSSR count). The highest BCUT2D eigenvalue weighted by Crippen LogP contribution is 2.12. The molecule has 7 nitrogen and oxygen atoms in total. The average molecular weight is 369 g/mol. The van der Waals surface area contributed by atoms with Crippen LogP contribution in [0.2, 0.25) is 0 Å². The van der Waals surface area contributed by atoms with Crippen molar-refractivity contribution < 1.29 is 19.1 Å². The van der Waals surface area contributed by atoms with Crippen LogP contribution in [0, 0.1) is 0 Å². The molecule has 0 saturated carbocycles. The maximum atomic E-state index is 12.1. The molecule has 0 saturated heterocycles. The molecule has 0 bridgehead atoms. The lowest BCUT2D eigenvalue weighted by Crippen LogP contribution is -2.34. The molecule has 0 spiro atoms. The van der Waals surface area contributed by atoms with Gasteiger partial charge in [-0.05, 0) is 55.5 Å². The number of ether oxygens (including phenoxy) is 1. The van der Waals surface area contributed by atoms with Gasteiger partial charge in [0.25, 0.3) is 11.8 Å². The molecule has 0 fully saturated rings. The second-order valence-corrected chi connectivity index (χ2v) is 5.73. The summed E-state index contributed by atoms with van der Waals surface area (Å²) in [7, 11) is 0. The first-order valence-corrected chi connectivity index (χ1v) is 8.66. The summed E-state index contributed by atoms with van der Waals surface area (Å²) >= 11 is 0. The summed E-state index contributed by atoms with van der Waals surface area (Å²) in [5, 5.41) is 8.11. The van der Waals surface area contributed by atoms with Gasteiger partial charge < -0.3 is 20.7 Å². The Balaban J connectivity index is 1.74. The van der Waals surface area contributed by atoms with Crippen LogP contribution >= 0.6 is 0 Å². The summed E-state index contributed by atoms with van der Waals surface area (Å²) in [5.41, 5.74) is 1.63. The third-order valence-electron chi connectivity index (χ3n) is 3.59. The van der Waals surface area contributed by atoms with Gasteiger partial charge in [-0.3, -0.25) is 14.4 Å². The van der Waals surface area contributed by atoms with Crippen LogP contribution in [-0.4, -0.2) is 37.4 Å². The molecular formula is C20H23N3O4. The van der Waals surface area contributed by atoms with Crippen molar-refractivity contribution in [1.29, 1.82) is 0 Å². The van der Waals surface area contributed by atoms with E-state index >= 15 is 0 Å². The minimum absolute atomic E-state index is 0.171. The highest BCUT2D eigenvalue weighted by Gasteiger charge is 2.07. The van der Waals surface area contributed by atoms with E-state index in [0.29, 0.717) is 42.3 Å². The molecule has 3 N–H and O–H groups in total. The lowest BCUT2D eigenvalue weighted by molar-refractivity contribution is -0.114. The van der Waals surface area contributed by atoms with E-state index < -0.39 is 0 Å². The zero-order valence-electron chi connectivity index (χ0n) is 15.4. The largest absolute Gasteiger partial charge is 0.494 e. The van der Waals surface area contributed by atoms with Crippen molar-refractivity contribution in [2.45, 2.75) is 13.8 Å². The van der Waals surface area contributed by atoms with Gasteiger partial charge in [0.1, 0.15) is 5.75 Å². The van der Waals surface area contributed by atoms with Gasteiger partial charge in [0.15, 0.2) is 0 Å². The molecule has 0 aliphatic carbocycles. The van der Waals surface area contributed by atoms with E-state index in [9.17, 15) is 14.4 Å². The van der Waals surface area contributed by atoms with Gasteiger partial charge in [0, 0.05) is 36.8 Å². The highest BCUT2D eigenvalue weighted by molar-refractivity contribution is 5.96. The fraction of sp³-hybridized carbons (Fsp3) is 0.250. The summed E-state index contributed by atoms with van der Waals surface area (Å²) in [6.45, 7) is 4.49. The number of hydrogen-bond acceptors (Lipinski definition) is 4. The quantitative estimate of drug-likeness (QED) is 0.622. The second-order valence-electron chi connectivity index (χ2n) is 5.73. The van der Waals surface area contributed by atoms with E-state index in [0.717, 1.165) is 0 Å². The summed E-state index contributed by atoms with van der Waals surface area (Å²) in [4.78, 5) is 35.1. The molecule has 0 aliphatic heterocycles. The number of nitrogens with one attached hydrogen (secondary N) is 3. The molecular weight excluding hydrogens is 346 g/mol. The third kappa shape index (κ3) is 6.47. The number of hydrogen-bond donors (Lipinski definition) is 3. The van der Waals surface area contributed by atoms with Gasteiger partial charge in [-0.2, -0.15) is 0 Å². The molecule has 0 aliphatic rings. The van der Waals surface area contributed by atoms with Crippen molar-refractivity contribution in [3.05, 3.63) is 59.7 Å². The summed E-state index contributed by atoms with van der Waals surface area (Å²) < 4.78 is 5.33. The first kappa shape index (κ1) is 20.0. The molecule has 142 valence electrons. The normalized spacial score (nSPS) is 10.0. The minimum atomic E-state index is -0.250. The Kier molecular flexibility index (Phi) is 7.37. The van der Waals surface area contributed by atoms with E-state index in [1.807, 2.05) is 6.92 Å². The Bertz CT molecular complexity index is 786. The van der Waals surface area contributed by atoms with Crippen molar-refractivity contribution in [2.24, 2.45) is 0 Å². The first-order valence-electron chi connectivity index (χ1n) is 8.66. The van der Waals surface area contributed by atoms with Crippen molar-refractivity contribution in [1.82, 2.24) is 10.6 Å². The predicted molar refractivity (Wildman–Crippen MR) is 103 cm³/mol. The fourth-order valence-electron chi connectivity index (χ4n) is 2.33. The van der Waals surface area contributed by atoms with Gasteiger partial charge in [-0.1, -0.05) is 0 Å². The lowest BCUT2D eigenvalue weighted by atomic mass is 10.2. The minimum Gasteiger partial charge on any atom is -0.494 e. The first-order chi connectivity index (χ1) is 13.0. The number of benzene rings is 2. The number of carbonyl (C=O) groups is 3. The number of rotatable bonds is 8. The molecule has 0 unspecified atom stereocenters. The van der Waals surface area contributed by atoms with Gasteiger partial charge in [-0.25, -0.2) is 0 Å². The molecule has 2 aromatic carbocycles. The standard InChI is InChI=1S/C20H23N3O4/c1-3-27-18-10-6-16(7-11-18)20(26)22-13-12-21-19(25)15-4-8-17(9-5-15)23-14(2)24/h4-11H,3,12-13H2,1-2H3,(H,21,25)(H,22,26)(H,23,24). The molecule has 3 amide bonds. The van der Waals surface area contributed by atoms with Gasteiger partial charge in [-0.15, -0.1) is 0 Å². The third-order valence-corrected chi connectivity index (χ3v) is 3.59. The Morgan fingerprint density at radius 1 is 0.815 bits per heavy atom. The van der Waals surface area contributed by atoms with Gasteiger partial charge in [0.2, 0.25) is 5.91 Å². The molecule has 7 heteroatoms. The van der Waals surface area contributed by atoms with Crippen molar-refractivity contribution in [3.63, 3.8) is 0 Å². The van der Waals surface area contributed by atoms with Crippen LogP contribution in [0.5, 0.6) is 5.75 Å². The molecule has 0 radical (unpaired) electrons. The van der Waals surface area contributed by atoms with Crippen LogP contribution < -0.4 is 20.7 Å². The molecule has 2 aromatic rings. The highest BCUT2D eigenvalue weighted by atomic mass is 16.5. The number of anilines is 1. The fourth-order valence-corrected chi connectivity index (χ4v) is 2.33. The van der Waals surface area contributed by atoms with Crippen LogP contribution in [-0.2, 0) is 4.79 Å². The Morgan fingerprint density at radius 3 is 1.74 bits per heavy atom. The van der Waals surface area contributed by atoms with E-state index in [1.54, 1.807) is 48.5 Å². The summed E-state index contributed by atoms with van der Waals surface area (Å²) in [6.07, 6.45) is 0. The topological polar surface area (TPSA) is 96.5 Å². The van der Waals surface area contributed by atoms with Crippen LogP contribution in [0.1, 0.15) is 34.6 Å². The Labute approximate surface area is 158 Å². The Morgan fingerprint density at radius 2 is 1.30 bits per heavy atom. The van der Waals surface area contributed by atoms with E-state index in [4.69, 9.17) is 4.74 Å². The SMILES string of the molecule is CCOc1ccc(C(=O)NCCNC(=O)c2ccc(NC(C)=O)cc2)cc1. The summed E-state index contributed by atoms with van der Waals surface area (Å²) in [6, 6.07) is 13.4. The average Bonchev–Trinajstić information content (AvgIpc) is 2.66. The smallest absolute Gasteiger partial charge is 0.251 e. The molecule has 27 heavy (non-hydrogen) atoms. The van der Waals surface area contributed by atoms with E-state index in [-0.39, 0.29) is 17.7 Å². The van der Waals surface area contributed by atoms with Gasteiger partial charge in [0.05, 0.1) is 6.61 Å². The Hall–Kier alpha value is -3.35. The number of amides is 3. The predicted octanol–water partition coefficient (Wildman–Crippen LogP) is 2.20. The van der Waals surface area contributed by atoms with Gasteiger partial charge >= 0.3 is 0 Å². The van der Waals surface area contributed by atoms with Crippen molar-refractivity contribution in [2.75, 3.05) is 25.0 Å². The zero-order valence-corrected chi connectivity index (χ0v) is 15.4.